The van der Waals surface area contributed by atoms with E-state index in [1.807, 2.05) is 13.8 Å². The molecule has 0 aromatic carbocycles. The van der Waals surface area contributed by atoms with Gasteiger partial charge in [-0.1, -0.05) is 13.8 Å². The molecule has 0 aliphatic rings. The highest BCUT2D eigenvalue weighted by Crippen LogP contribution is 1.87. The Morgan fingerprint density at radius 1 is 1.45 bits per heavy atom. The second-order valence-electron chi connectivity index (χ2n) is 2.72. The summed E-state index contributed by atoms with van der Waals surface area (Å²) in [5, 5.41) is 3.01. The molecule has 5 heteroatoms. The van der Waals surface area contributed by atoms with Crippen molar-refractivity contribution >= 4 is 10.1 Å². The van der Waals surface area contributed by atoms with Gasteiger partial charge < -0.3 is 9.87 Å². The fourth-order valence-electron chi connectivity index (χ4n) is 0.640. The maximum Gasteiger partial charge on any atom is 0.0946 e. The van der Waals surface area contributed by atoms with E-state index >= 15 is 0 Å². The summed E-state index contributed by atoms with van der Waals surface area (Å²) in [5.74, 6) is -0.271. The maximum absolute atomic E-state index is 10.1. The highest BCUT2D eigenvalue weighted by molar-refractivity contribution is 7.85. The summed E-state index contributed by atoms with van der Waals surface area (Å²) < 4.78 is 30.3. The molecule has 0 amide bonds. The van der Waals surface area contributed by atoms with Crippen molar-refractivity contribution in [2.45, 2.75) is 26.3 Å². The number of rotatable bonds is 5. The Morgan fingerprint density at radius 2 is 2.00 bits per heavy atom. The molecule has 0 aliphatic heterocycles. The van der Waals surface area contributed by atoms with E-state index in [2.05, 4.69) is 5.32 Å². The number of hydrogen-bond acceptors (Lipinski definition) is 4. The van der Waals surface area contributed by atoms with Crippen LogP contribution in [0.4, 0.5) is 0 Å². The summed E-state index contributed by atoms with van der Waals surface area (Å²) in [4.78, 5) is 0. The van der Waals surface area contributed by atoms with Crippen molar-refractivity contribution in [3.05, 3.63) is 0 Å². The third-order valence-corrected chi connectivity index (χ3v) is 1.91. The normalized spacial score (nSPS) is 12.4. The summed E-state index contributed by atoms with van der Waals surface area (Å²) in [7, 11) is -4.01. The molecular formula is C6H14NO3S-. The van der Waals surface area contributed by atoms with Crippen LogP contribution in [0.2, 0.25) is 0 Å². The van der Waals surface area contributed by atoms with Gasteiger partial charge in [-0.3, -0.25) is 0 Å². The Balaban J connectivity index is 3.30. The van der Waals surface area contributed by atoms with Crippen LogP contribution in [0.5, 0.6) is 0 Å². The van der Waals surface area contributed by atoms with E-state index < -0.39 is 10.1 Å². The smallest absolute Gasteiger partial charge is 0.0946 e. The van der Waals surface area contributed by atoms with Gasteiger partial charge in [-0.05, 0) is 13.0 Å². The van der Waals surface area contributed by atoms with Crippen molar-refractivity contribution in [3.8, 4) is 0 Å². The van der Waals surface area contributed by atoms with E-state index in [-0.39, 0.29) is 5.75 Å². The summed E-state index contributed by atoms with van der Waals surface area (Å²) >= 11 is 0. The van der Waals surface area contributed by atoms with Gasteiger partial charge in [0.15, 0.2) is 0 Å². The largest absolute Gasteiger partial charge is 0.748 e. The quantitative estimate of drug-likeness (QED) is 0.474. The predicted molar refractivity (Wildman–Crippen MR) is 42.3 cm³/mol. The highest BCUT2D eigenvalue weighted by atomic mass is 32.2. The van der Waals surface area contributed by atoms with Crippen molar-refractivity contribution in [1.29, 1.82) is 0 Å². The van der Waals surface area contributed by atoms with Gasteiger partial charge in [0.25, 0.3) is 0 Å². The molecule has 68 valence electrons. The first-order valence-electron chi connectivity index (χ1n) is 3.59. The minimum Gasteiger partial charge on any atom is -0.748 e. The van der Waals surface area contributed by atoms with Crippen LogP contribution in [-0.4, -0.2) is 31.3 Å². The average molecular weight is 180 g/mol. The zero-order valence-electron chi connectivity index (χ0n) is 6.83. The molecule has 0 saturated carbocycles. The molecule has 0 saturated heterocycles. The fourth-order valence-corrected chi connectivity index (χ4v) is 1.14. The molecule has 1 N–H and O–H groups in total. The Bertz CT molecular complexity index is 186. The summed E-state index contributed by atoms with van der Waals surface area (Å²) in [6.45, 7) is 4.51. The Kier molecular flexibility index (Phi) is 4.63. The van der Waals surface area contributed by atoms with Crippen LogP contribution in [0.1, 0.15) is 20.3 Å². The van der Waals surface area contributed by atoms with Crippen molar-refractivity contribution in [2.75, 3.05) is 12.3 Å². The van der Waals surface area contributed by atoms with Crippen LogP contribution in [0.15, 0.2) is 0 Å². The van der Waals surface area contributed by atoms with Crippen molar-refractivity contribution in [3.63, 3.8) is 0 Å². The average Bonchev–Trinajstić information content (AvgIpc) is 1.78. The lowest BCUT2D eigenvalue weighted by molar-refractivity contribution is 0.459. The van der Waals surface area contributed by atoms with Crippen molar-refractivity contribution in [2.24, 2.45) is 0 Å². The van der Waals surface area contributed by atoms with E-state index in [1.165, 1.54) is 0 Å². The summed E-state index contributed by atoms with van der Waals surface area (Å²) in [5.41, 5.74) is 0. The zero-order valence-corrected chi connectivity index (χ0v) is 7.65. The van der Waals surface area contributed by atoms with Gasteiger partial charge >= 0.3 is 0 Å². The number of nitrogens with one attached hydrogen (secondary N) is 1. The van der Waals surface area contributed by atoms with E-state index in [0.717, 1.165) is 0 Å². The monoisotopic (exact) mass is 180 g/mol. The highest BCUT2D eigenvalue weighted by Gasteiger charge is 1.95. The van der Waals surface area contributed by atoms with Gasteiger partial charge in [-0.2, -0.15) is 0 Å². The standard InChI is InChI=1S/C6H15NO3S/c1-6(2)7-4-3-5-11(8,9)10/h6-7H,3-5H2,1-2H3,(H,8,9,10)/p-1. The lowest BCUT2D eigenvalue weighted by Gasteiger charge is -2.09. The van der Waals surface area contributed by atoms with Crippen LogP contribution < -0.4 is 5.32 Å². The first-order valence-corrected chi connectivity index (χ1v) is 5.16. The molecule has 0 radical (unpaired) electrons. The SMILES string of the molecule is CC(C)NCCCS(=O)(=O)[O-]. The molecule has 0 heterocycles. The topological polar surface area (TPSA) is 69.2 Å². The van der Waals surface area contributed by atoms with Crippen molar-refractivity contribution < 1.29 is 13.0 Å². The van der Waals surface area contributed by atoms with Crippen LogP contribution >= 0.6 is 0 Å². The Morgan fingerprint density at radius 3 is 2.36 bits per heavy atom. The van der Waals surface area contributed by atoms with E-state index in [1.54, 1.807) is 0 Å². The first-order chi connectivity index (χ1) is 4.92. The molecule has 0 rings (SSSR count). The Hall–Kier alpha value is -0.130. The molecule has 4 nitrogen and oxygen atoms in total. The van der Waals surface area contributed by atoms with Gasteiger partial charge in [-0.15, -0.1) is 0 Å². The van der Waals surface area contributed by atoms with Gasteiger partial charge in [0.05, 0.1) is 10.1 Å². The van der Waals surface area contributed by atoms with E-state index in [0.29, 0.717) is 19.0 Å². The van der Waals surface area contributed by atoms with Crippen molar-refractivity contribution in [1.82, 2.24) is 5.32 Å². The summed E-state index contributed by atoms with van der Waals surface area (Å²) in [6.07, 6.45) is 0.393. The molecule has 0 fully saturated rings. The van der Waals surface area contributed by atoms with Crippen LogP contribution in [0, 0.1) is 0 Å². The lowest BCUT2D eigenvalue weighted by Crippen LogP contribution is -2.25. The minimum absolute atomic E-state index is 0.271. The molecule has 0 spiro atoms. The minimum atomic E-state index is -4.01. The zero-order chi connectivity index (χ0) is 8.91. The molecule has 0 aromatic heterocycles. The number of hydrogen-bond donors (Lipinski definition) is 1. The summed E-state index contributed by atoms with van der Waals surface area (Å²) in [6, 6.07) is 0.337. The molecule has 0 bridgehead atoms. The first kappa shape index (κ1) is 10.9. The Labute approximate surface area is 67.7 Å². The maximum atomic E-state index is 10.1. The van der Waals surface area contributed by atoms with E-state index in [9.17, 15) is 13.0 Å². The molecule has 0 aromatic rings. The van der Waals surface area contributed by atoms with Gasteiger partial charge in [0, 0.05) is 11.8 Å². The van der Waals surface area contributed by atoms with Crippen LogP contribution in [-0.2, 0) is 10.1 Å². The molecule has 0 unspecified atom stereocenters. The van der Waals surface area contributed by atoms with Crippen LogP contribution in [0.25, 0.3) is 0 Å². The third-order valence-electron chi connectivity index (χ3n) is 1.12. The molecule has 0 aliphatic carbocycles. The third kappa shape index (κ3) is 9.87. The van der Waals surface area contributed by atoms with Gasteiger partial charge in [0.1, 0.15) is 0 Å². The molecular weight excluding hydrogens is 166 g/mol. The molecule has 0 atom stereocenters. The van der Waals surface area contributed by atoms with Gasteiger partial charge in [0.2, 0.25) is 0 Å². The predicted octanol–water partition coefficient (Wildman–Crippen LogP) is -0.0803. The van der Waals surface area contributed by atoms with Gasteiger partial charge in [-0.25, -0.2) is 8.42 Å². The lowest BCUT2D eigenvalue weighted by atomic mass is 10.4. The fraction of sp³-hybridized carbons (Fsp3) is 1.00. The second kappa shape index (κ2) is 4.69. The van der Waals surface area contributed by atoms with Crippen LogP contribution in [0.3, 0.4) is 0 Å². The second-order valence-corrected chi connectivity index (χ2v) is 4.25. The molecule has 11 heavy (non-hydrogen) atoms. The van der Waals surface area contributed by atoms with E-state index in [4.69, 9.17) is 0 Å².